The molecule has 1 aliphatic heterocycles. The zero-order valence-corrected chi connectivity index (χ0v) is 12.5. The van der Waals surface area contributed by atoms with Gasteiger partial charge in [0.15, 0.2) is 0 Å². The van der Waals surface area contributed by atoms with Gasteiger partial charge in [0, 0.05) is 24.2 Å². The second kappa shape index (κ2) is 5.89. The van der Waals surface area contributed by atoms with Crippen LogP contribution in [0.4, 0.5) is 0 Å². The van der Waals surface area contributed by atoms with Gasteiger partial charge >= 0.3 is 0 Å². The van der Waals surface area contributed by atoms with E-state index >= 15 is 0 Å². The highest BCUT2D eigenvalue weighted by Gasteiger charge is 2.40. The minimum atomic E-state index is 0.333. The Morgan fingerprint density at radius 3 is 2.50 bits per heavy atom. The van der Waals surface area contributed by atoms with E-state index in [9.17, 15) is 0 Å². The summed E-state index contributed by atoms with van der Waals surface area (Å²) in [5.41, 5.74) is 6.19. The van der Waals surface area contributed by atoms with Crippen LogP contribution in [0.25, 0.3) is 0 Å². The van der Waals surface area contributed by atoms with E-state index in [2.05, 4.69) is 30.7 Å². The standard InChI is InChI=1S/C15H31N3/c1-15(2)9-11-17(3)12-14(8-10-16)18(15)13-6-4-5-7-13/h13-14H,4-12,16H2,1-3H3. The fraction of sp³-hybridized carbons (Fsp3) is 1.00. The summed E-state index contributed by atoms with van der Waals surface area (Å²) in [6.07, 6.45) is 8.05. The van der Waals surface area contributed by atoms with Crippen molar-refractivity contribution >= 4 is 0 Å². The molecular weight excluding hydrogens is 222 g/mol. The normalized spacial score (nSPS) is 31.7. The summed E-state index contributed by atoms with van der Waals surface area (Å²) in [7, 11) is 2.26. The Morgan fingerprint density at radius 2 is 1.89 bits per heavy atom. The third kappa shape index (κ3) is 3.06. The quantitative estimate of drug-likeness (QED) is 0.835. The molecule has 0 aromatic heterocycles. The van der Waals surface area contributed by atoms with E-state index in [0.29, 0.717) is 11.6 Å². The molecule has 3 heteroatoms. The largest absolute Gasteiger partial charge is 0.330 e. The van der Waals surface area contributed by atoms with E-state index < -0.39 is 0 Å². The lowest BCUT2D eigenvalue weighted by Gasteiger charge is -2.46. The number of rotatable bonds is 3. The van der Waals surface area contributed by atoms with Crippen molar-refractivity contribution in [2.75, 3.05) is 26.7 Å². The number of hydrogen-bond acceptors (Lipinski definition) is 3. The van der Waals surface area contributed by atoms with Crippen molar-refractivity contribution in [1.82, 2.24) is 9.80 Å². The highest BCUT2D eigenvalue weighted by atomic mass is 15.3. The Hall–Kier alpha value is -0.120. The summed E-state index contributed by atoms with van der Waals surface area (Å²) < 4.78 is 0. The average molecular weight is 253 g/mol. The summed E-state index contributed by atoms with van der Waals surface area (Å²) in [6.45, 7) is 8.11. The molecule has 1 heterocycles. The Bertz CT molecular complexity index is 258. The van der Waals surface area contributed by atoms with E-state index in [1.54, 1.807) is 0 Å². The van der Waals surface area contributed by atoms with E-state index in [-0.39, 0.29) is 0 Å². The van der Waals surface area contributed by atoms with E-state index in [0.717, 1.165) is 19.0 Å². The van der Waals surface area contributed by atoms with Gasteiger partial charge in [-0.25, -0.2) is 0 Å². The Balaban J connectivity index is 2.19. The first-order valence-corrected chi connectivity index (χ1v) is 7.71. The van der Waals surface area contributed by atoms with Gasteiger partial charge in [0.1, 0.15) is 0 Å². The lowest BCUT2D eigenvalue weighted by molar-refractivity contribution is 0.0278. The van der Waals surface area contributed by atoms with Crippen LogP contribution in [0.2, 0.25) is 0 Å². The molecule has 2 aliphatic rings. The molecular formula is C15H31N3. The van der Waals surface area contributed by atoms with Crippen molar-refractivity contribution < 1.29 is 0 Å². The second-order valence-electron chi connectivity index (χ2n) is 6.90. The Morgan fingerprint density at radius 1 is 1.22 bits per heavy atom. The van der Waals surface area contributed by atoms with Gasteiger partial charge in [-0.1, -0.05) is 12.8 Å². The third-order valence-corrected chi connectivity index (χ3v) is 4.94. The van der Waals surface area contributed by atoms with Crippen LogP contribution in [-0.2, 0) is 0 Å². The molecule has 2 rings (SSSR count). The van der Waals surface area contributed by atoms with Crippen LogP contribution in [-0.4, -0.2) is 54.1 Å². The summed E-state index contributed by atoms with van der Waals surface area (Å²) in [4.78, 5) is 5.34. The summed E-state index contributed by atoms with van der Waals surface area (Å²) >= 11 is 0. The SMILES string of the molecule is CN1CCC(C)(C)N(C2CCCC2)C(CCN)C1. The zero-order valence-electron chi connectivity index (χ0n) is 12.5. The third-order valence-electron chi connectivity index (χ3n) is 4.94. The van der Waals surface area contributed by atoms with Crippen molar-refractivity contribution in [3.8, 4) is 0 Å². The highest BCUT2D eigenvalue weighted by Crippen LogP contribution is 2.35. The monoisotopic (exact) mass is 253 g/mol. The Kier molecular flexibility index (Phi) is 4.68. The van der Waals surface area contributed by atoms with Gasteiger partial charge in [0.25, 0.3) is 0 Å². The predicted molar refractivity (Wildman–Crippen MR) is 77.7 cm³/mol. The number of hydrogen-bond donors (Lipinski definition) is 1. The molecule has 1 unspecified atom stereocenters. The molecule has 2 N–H and O–H groups in total. The fourth-order valence-electron chi connectivity index (χ4n) is 4.02. The van der Waals surface area contributed by atoms with Crippen molar-refractivity contribution in [2.45, 2.75) is 70.0 Å². The number of likely N-dealkylation sites (N-methyl/N-ethyl adjacent to an activating group) is 1. The first-order valence-electron chi connectivity index (χ1n) is 7.71. The predicted octanol–water partition coefficient (Wildman–Crippen LogP) is 2.06. The van der Waals surface area contributed by atoms with Gasteiger partial charge in [-0.3, -0.25) is 4.90 Å². The summed E-state index contributed by atoms with van der Waals surface area (Å²) in [6, 6.07) is 1.46. The molecule has 106 valence electrons. The number of nitrogens with two attached hydrogens (primary N) is 1. The number of nitrogens with zero attached hydrogens (tertiary/aromatic N) is 2. The fourth-order valence-corrected chi connectivity index (χ4v) is 4.02. The molecule has 18 heavy (non-hydrogen) atoms. The average Bonchev–Trinajstić information content (AvgIpc) is 2.76. The molecule has 1 saturated heterocycles. The maximum atomic E-state index is 5.86. The van der Waals surface area contributed by atoms with Crippen molar-refractivity contribution in [3.05, 3.63) is 0 Å². The van der Waals surface area contributed by atoms with Gasteiger partial charge in [-0.2, -0.15) is 0 Å². The van der Waals surface area contributed by atoms with Gasteiger partial charge in [0.05, 0.1) is 0 Å². The first kappa shape index (κ1) is 14.3. The highest BCUT2D eigenvalue weighted by molar-refractivity contribution is 4.96. The van der Waals surface area contributed by atoms with Gasteiger partial charge < -0.3 is 10.6 Å². The molecule has 2 fully saturated rings. The van der Waals surface area contributed by atoms with Gasteiger partial charge in [-0.05, 0) is 59.7 Å². The molecule has 0 spiro atoms. The maximum absolute atomic E-state index is 5.86. The lowest BCUT2D eigenvalue weighted by Crippen LogP contribution is -2.55. The Labute approximate surface area is 113 Å². The summed E-state index contributed by atoms with van der Waals surface area (Å²) in [5.74, 6) is 0. The van der Waals surface area contributed by atoms with Gasteiger partial charge in [-0.15, -0.1) is 0 Å². The molecule has 1 saturated carbocycles. The molecule has 0 amide bonds. The maximum Gasteiger partial charge on any atom is 0.0243 e. The molecule has 0 bridgehead atoms. The molecule has 1 atom stereocenters. The zero-order chi connectivity index (χ0) is 13.2. The van der Waals surface area contributed by atoms with Crippen LogP contribution in [0, 0.1) is 0 Å². The van der Waals surface area contributed by atoms with Gasteiger partial charge in [0.2, 0.25) is 0 Å². The molecule has 0 aromatic carbocycles. The van der Waals surface area contributed by atoms with Crippen molar-refractivity contribution in [3.63, 3.8) is 0 Å². The molecule has 1 aliphatic carbocycles. The molecule has 3 nitrogen and oxygen atoms in total. The smallest absolute Gasteiger partial charge is 0.0243 e. The van der Waals surface area contributed by atoms with Crippen LogP contribution in [0.15, 0.2) is 0 Å². The van der Waals surface area contributed by atoms with Crippen LogP contribution < -0.4 is 5.73 Å². The summed E-state index contributed by atoms with van der Waals surface area (Å²) in [5, 5.41) is 0. The van der Waals surface area contributed by atoms with E-state index in [4.69, 9.17) is 5.73 Å². The van der Waals surface area contributed by atoms with Crippen LogP contribution in [0.1, 0.15) is 52.4 Å². The second-order valence-corrected chi connectivity index (χ2v) is 6.90. The first-order chi connectivity index (χ1) is 8.54. The molecule has 0 aromatic rings. The van der Waals surface area contributed by atoms with Crippen LogP contribution in [0.3, 0.4) is 0 Å². The van der Waals surface area contributed by atoms with E-state index in [1.165, 1.54) is 45.2 Å². The lowest BCUT2D eigenvalue weighted by atomic mass is 9.93. The van der Waals surface area contributed by atoms with Crippen LogP contribution in [0.5, 0.6) is 0 Å². The van der Waals surface area contributed by atoms with Crippen molar-refractivity contribution in [2.24, 2.45) is 5.73 Å². The minimum Gasteiger partial charge on any atom is -0.330 e. The van der Waals surface area contributed by atoms with Crippen molar-refractivity contribution in [1.29, 1.82) is 0 Å². The molecule has 0 radical (unpaired) electrons. The van der Waals surface area contributed by atoms with E-state index in [1.807, 2.05) is 0 Å². The topological polar surface area (TPSA) is 32.5 Å². The van der Waals surface area contributed by atoms with Crippen LogP contribution >= 0.6 is 0 Å². The minimum absolute atomic E-state index is 0.333.